The molecule has 1 atom stereocenters. The Morgan fingerprint density at radius 1 is 1.64 bits per heavy atom. The fraction of sp³-hybridized carbons (Fsp3) is 0.750. The van der Waals surface area contributed by atoms with E-state index in [4.69, 9.17) is 0 Å². The summed E-state index contributed by atoms with van der Waals surface area (Å²) < 4.78 is 0. The van der Waals surface area contributed by atoms with Crippen LogP contribution in [0.5, 0.6) is 0 Å². The van der Waals surface area contributed by atoms with Gasteiger partial charge < -0.3 is 0 Å². The van der Waals surface area contributed by atoms with Crippen LogP contribution in [0.2, 0.25) is 0 Å². The standard InChI is InChI=1S/C8H13NOS/c1-5(2)4-7-6(3)11-8(10)9-7/h5-6H,4H2,1-3H3. The van der Waals surface area contributed by atoms with Crippen LogP contribution in [-0.4, -0.2) is 16.2 Å². The monoisotopic (exact) mass is 171 g/mol. The van der Waals surface area contributed by atoms with Gasteiger partial charge in [0.15, 0.2) is 0 Å². The molecule has 1 unspecified atom stereocenters. The van der Waals surface area contributed by atoms with Gasteiger partial charge in [0.05, 0.1) is 0 Å². The summed E-state index contributed by atoms with van der Waals surface area (Å²) in [4.78, 5) is 14.8. The second-order valence-corrected chi connectivity index (χ2v) is 4.52. The molecule has 3 heteroatoms. The Labute approximate surface area is 71.5 Å². The number of thioether (sulfide) groups is 1. The average molecular weight is 171 g/mol. The molecule has 0 N–H and O–H groups in total. The van der Waals surface area contributed by atoms with Crippen molar-refractivity contribution in [2.75, 3.05) is 0 Å². The highest BCUT2D eigenvalue weighted by atomic mass is 32.2. The molecule has 2 nitrogen and oxygen atoms in total. The molecule has 0 aromatic carbocycles. The summed E-state index contributed by atoms with van der Waals surface area (Å²) in [5, 5.41) is 0.290. The zero-order valence-corrected chi connectivity index (χ0v) is 7.94. The van der Waals surface area contributed by atoms with Crippen molar-refractivity contribution in [1.82, 2.24) is 0 Å². The van der Waals surface area contributed by atoms with Crippen molar-refractivity contribution in [2.45, 2.75) is 32.4 Å². The van der Waals surface area contributed by atoms with Crippen molar-refractivity contribution in [3.63, 3.8) is 0 Å². The Morgan fingerprint density at radius 2 is 2.27 bits per heavy atom. The fourth-order valence-electron chi connectivity index (χ4n) is 1.08. The lowest BCUT2D eigenvalue weighted by molar-refractivity contribution is 0.268. The summed E-state index contributed by atoms with van der Waals surface area (Å²) in [5.41, 5.74) is 1.06. The second-order valence-electron chi connectivity index (χ2n) is 3.23. The highest BCUT2D eigenvalue weighted by molar-refractivity contribution is 8.15. The van der Waals surface area contributed by atoms with E-state index in [2.05, 4.69) is 18.8 Å². The first-order valence-corrected chi connectivity index (χ1v) is 4.75. The van der Waals surface area contributed by atoms with Crippen LogP contribution in [0.3, 0.4) is 0 Å². The fourth-order valence-corrected chi connectivity index (χ4v) is 1.84. The third-order valence-electron chi connectivity index (χ3n) is 1.60. The molecule has 0 fully saturated rings. The minimum absolute atomic E-state index is 0.0202. The molecule has 0 aromatic heterocycles. The van der Waals surface area contributed by atoms with Crippen molar-refractivity contribution in [1.29, 1.82) is 0 Å². The highest BCUT2D eigenvalue weighted by Crippen LogP contribution is 2.25. The van der Waals surface area contributed by atoms with Gasteiger partial charge in [-0.1, -0.05) is 25.6 Å². The van der Waals surface area contributed by atoms with Crippen LogP contribution in [0.15, 0.2) is 4.99 Å². The van der Waals surface area contributed by atoms with Gasteiger partial charge in [-0.05, 0) is 19.3 Å². The Kier molecular flexibility index (Phi) is 2.71. The number of carbonyl (C=O) groups is 1. The Morgan fingerprint density at radius 3 is 2.64 bits per heavy atom. The Balaban J connectivity index is 2.57. The first kappa shape index (κ1) is 8.78. The molecule has 0 radical (unpaired) electrons. The summed E-state index contributed by atoms with van der Waals surface area (Å²) in [5.74, 6) is 0.600. The topological polar surface area (TPSA) is 29.4 Å². The maximum absolute atomic E-state index is 10.8. The van der Waals surface area contributed by atoms with E-state index in [1.165, 1.54) is 11.8 Å². The van der Waals surface area contributed by atoms with Crippen LogP contribution in [0, 0.1) is 5.92 Å². The predicted octanol–water partition coefficient (Wildman–Crippen LogP) is 2.73. The van der Waals surface area contributed by atoms with Gasteiger partial charge in [-0.25, -0.2) is 4.99 Å². The number of aliphatic imine (C=N–C) groups is 1. The maximum atomic E-state index is 10.8. The molecule has 1 aliphatic rings. The van der Waals surface area contributed by atoms with Gasteiger partial charge in [0, 0.05) is 11.0 Å². The van der Waals surface area contributed by atoms with Crippen molar-refractivity contribution < 1.29 is 4.79 Å². The number of carbonyl (C=O) groups excluding carboxylic acids is 1. The first-order chi connectivity index (χ1) is 5.09. The second kappa shape index (κ2) is 3.39. The van der Waals surface area contributed by atoms with Crippen molar-refractivity contribution in [2.24, 2.45) is 10.9 Å². The van der Waals surface area contributed by atoms with Crippen LogP contribution in [0.4, 0.5) is 4.79 Å². The summed E-state index contributed by atoms with van der Waals surface area (Å²) in [6, 6.07) is 0. The van der Waals surface area contributed by atoms with Gasteiger partial charge in [-0.2, -0.15) is 0 Å². The van der Waals surface area contributed by atoms with Crippen LogP contribution in [0.1, 0.15) is 27.2 Å². The number of hydrogen-bond acceptors (Lipinski definition) is 2. The molecular formula is C8H13NOS. The molecule has 11 heavy (non-hydrogen) atoms. The van der Waals surface area contributed by atoms with Gasteiger partial charge in [0.2, 0.25) is 0 Å². The smallest absolute Gasteiger partial charge is 0.259 e. The Hall–Kier alpha value is -0.310. The Bertz CT molecular complexity index is 198. The quantitative estimate of drug-likeness (QED) is 0.639. The molecule has 0 aliphatic carbocycles. The summed E-state index contributed by atoms with van der Waals surface area (Å²) in [6.45, 7) is 6.32. The molecule has 0 saturated heterocycles. The summed E-state index contributed by atoms with van der Waals surface area (Å²) in [7, 11) is 0. The third kappa shape index (κ3) is 2.33. The lowest BCUT2D eigenvalue weighted by Crippen LogP contribution is -2.11. The minimum Gasteiger partial charge on any atom is -0.259 e. The van der Waals surface area contributed by atoms with E-state index in [0.29, 0.717) is 11.2 Å². The molecule has 1 aliphatic heterocycles. The van der Waals surface area contributed by atoms with Gasteiger partial charge in [-0.3, -0.25) is 4.79 Å². The normalized spacial score (nSPS) is 24.5. The molecule has 0 spiro atoms. The van der Waals surface area contributed by atoms with E-state index >= 15 is 0 Å². The van der Waals surface area contributed by atoms with Gasteiger partial charge in [-0.15, -0.1) is 0 Å². The zero-order chi connectivity index (χ0) is 8.43. The number of rotatable bonds is 2. The zero-order valence-electron chi connectivity index (χ0n) is 7.13. The van der Waals surface area contributed by atoms with Crippen LogP contribution < -0.4 is 0 Å². The van der Waals surface area contributed by atoms with Gasteiger partial charge in [0.1, 0.15) is 0 Å². The highest BCUT2D eigenvalue weighted by Gasteiger charge is 2.23. The lowest BCUT2D eigenvalue weighted by Gasteiger charge is -2.06. The number of nitrogens with zero attached hydrogens (tertiary/aromatic N) is 1. The molecule has 1 heterocycles. The van der Waals surface area contributed by atoms with Crippen molar-refractivity contribution in [3.8, 4) is 0 Å². The first-order valence-electron chi connectivity index (χ1n) is 3.87. The molecule has 0 saturated carbocycles. The van der Waals surface area contributed by atoms with Crippen LogP contribution in [0.25, 0.3) is 0 Å². The van der Waals surface area contributed by atoms with Crippen LogP contribution in [-0.2, 0) is 0 Å². The van der Waals surface area contributed by atoms with E-state index in [1.807, 2.05) is 6.92 Å². The lowest BCUT2D eigenvalue weighted by atomic mass is 10.1. The molecule has 1 rings (SSSR count). The van der Waals surface area contributed by atoms with Crippen LogP contribution >= 0.6 is 11.8 Å². The minimum atomic E-state index is -0.0202. The summed E-state index contributed by atoms with van der Waals surface area (Å²) >= 11 is 1.33. The summed E-state index contributed by atoms with van der Waals surface area (Å²) in [6.07, 6.45) is 0.958. The molecular weight excluding hydrogens is 158 g/mol. The molecule has 0 aromatic rings. The van der Waals surface area contributed by atoms with E-state index in [9.17, 15) is 4.79 Å². The average Bonchev–Trinajstić information content (AvgIpc) is 2.09. The van der Waals surface area contributed by atoms with E-state index in [0.717, 1.165) is 12.1 Å². The molecule has 62 valence electrons. The largest absolute Gasteiger partial charge is 0.305 e. The van der Waals surface area contributed by atoms with E-state index in [1.54, 1.807) is 0 Å². The van der Waals surface area contributed by atoms with Gasteiger partial charge in [0.25, 0.3) is 0 Å². The molecule has 0 bridgehead atoms. The van der Waals surface area contributed by atoms with Gasteiger partial charge >= 0.3 is 5.24 Å². The predicted molar refractivity (Wildman–Crippen MR) is 49.3 cm³/mol. The SMILES string of the molecule is CC(C)CC1=NC(=O)SC1C. The number of hydrogen-bond donors (Lipinski definition) is 0. The molecule has 1 amide bonds. The van der Waals surface area contributed by atoms with E-state index < -0.39 is 0 Å². The maximum Gasteiger partial charge on any atom is 0.305 e. The number of amides is 1. The third-order valence-corrected chi connectivity index (χ3v) is 2.52. The van der Waals surface area contributed by atoms with Crippen molar-refractivity contribution >= 4 is 22.7 Å². The van der Waals surface area contributed by atoms with E-state index in [-0.39, 0.29) is 5.24 Å². The van der Waals surface area contributed by atoms with Crippen molar-refractivity contribution in [3.05, 3.63) is 0 Å².